The molecule has 3 aromatic rings. The average Bonchev–Trinajstić information content (AvgIpc) is 3.38. The Kier molecular flexibility index (Phi) is 7.97. The van der Waals surface area contributed by atoms with Gasteiger partial charge in [0.2, 0.25) is 11.9 Å². The zero-order valence-electron chi connectivity index (χ0n) is 20.5. The van der Waals surface area contributed by atoms with Crippen LogP contribution in [0.2, 0.25) is 0 Å². The zero-order valence-corrected chi connectivity index (χ0v) is 20.5. The van der Waals surface area contributed by atoms with Crippen LogP contribution in [0.1, 0.15) is 24.0 Å². The summed E-state index contributed by atoms with van der Waals surface area (Å²) in [6, 6.07) is 12.3. The van der Waals surface area contributed by atoms with E-state index in [-0.39, 0.29) is 0 Å². The molecule has 0 fully saturated rings. The number of hydrogen-bond donors (Lipinski definition) is 4. The lowest BCUT2D eigenvalue weighted by atomic mass is 10.1. The number of nitrogens with one attached hydrogen (secondary N) is 4. The second kappa shape index (κ2) is 12.3. The van der Waals surface area contributed by atoms with Gasteiger partial charge in [0.1, 0.15) is 5.65 Å². The Hall–Kier alpha value is -4.73. The van der Waals surface area contributed by atoms with Crippen molar-refractivity contribution in [3.8, 4) is 11.3 Å². The molecule has 10 nitrogen and oxygen atoms in total. The Labute approximate surface area is 215 Å². The molecule has 0 saturated heterocycles. The molecule has 2 aliphatic rings. The van der Waals surface area contributed by atoms with Gasteiger partial charge in [-0.2, -0.15) is 10.2 Å². The van der Waals surface area contributed by atoms with Crippen molar-refractivity contribution in [1.82, 2.24) is 30.9 Å². The number of pyridine rings is 1. The molecular formula is C27H30N10. The first-order chi connectivity index (χ1) is 18.3. The maximum absolute atomic E-state index is 4.76. The Morgan fingerprint density at radius 3 is 2.00 bits per heavy atom. The number of fused-ring (bicyclic) bond motifs is 1. The van der Waals surface area contributed by atoms with E-state index in [2.05, 4.69) is 72.1 Å². The molecule has 0 amide bonds. The summed E-state index contributed by atoms with van der Waals surface area (Å²) in [7, 11) is 0. The van der Waals surface area contributed by atoms with Crippen molar-refractivity contribution in [3.05, 3.63) is 72.1 Å². The molecule has 0 saturated carbocycles. The maximum Gasteiger partial charge on any atom is 0.212 e. The highest BCUT2D eigenvalue weighted by Crippen LogP contribution is 2.21. The highest BCUT2D eigenvalue weighted by atomic mass is 15.4. The van der Waals surface area contributed by atoms with Crippen molar-refractivity contribution < 1.29 is 0 Å². The van der Waals surface area contributed by atoms with Crippen molar-refractivity contribution >= 4 is 42.1 Å². The first-order valence-electron chi connectivity index (χ1n) is 12.4. The van der Waals surface area contributed by atoms with Gasteiger partial charge in [0.15, 0.2) is 0 Å². The molecule has 0 spiro atoms. The van der Waals surface area contributed by atoms with Crippen molar-refractivity contribution in [2.45, 2.75) is 12.8 Å². The van der Waals surface area contributed by atoms with Gasteiger partial charge in [-0.25, -0.2) is 15.8 Å². The summed E-state index contributed by atoms with van der Waals surface area (Å²) >= 11 is 0. The van der Waals surface area contributed by atoms with Crippen LogP contribution in [0.25, 0.3) is 29.1 Å². The fourth-order valence-electron chi connectivity index (χ4n) is 3.82. The van der Waals surface area contributed by atoms with Gasteiger partial charge in [-0.3, -0.25) is 9.98 Å². The molecule has 0 unspecified atom stereocenters. The summed E-state index contributed by atoms with van der Waals surface area (Å²) in [5.41, 5.74) is 10.8. The van der Waals surface area contributed by atoms with Crippen molar-refractivity contribution in [2.24, 2.45) is 20.2 Å². The molecule has 188 valence electrons. The predicted molar refractivity (Wildman–Crippen MR) is 152 cm³/mol. The Bertz CT molecular complexity index is 1380. The standard InChI is InChI=1S/C27H30N10/c1(17-32-35-26-28-13-3-14-29-26)5-21-7-10-23(11-8-21)24-20-37-19-22(9-12-25(37)34-24)6-2-18-33-36-27-30-15-4-16-31-27/h1-2,5-12,17-20H,3-4,13-16H2,(H2,28,29,35)(H2,30,31,36). The largest absolute Gasteiger partial charge is 0.355 e. The van der Waals surface area contributed by atoms with E-state index in [1.165, 1.54) is 0 Å². The van der Waals surface area contributed by atoms with Gasteiger partial charge in [-0.1, -0.05) is 36.4 Å². The molecule has 0 radical (unpaired) electrons. The Morgan fingerprint density at radius 1 is 0.757 bits per heavy atom. The molecule has 2 aliphatic heterocycles. The van der Waals surface area contributed by atoms with Crippen LogP contribution in [0.15, 0.2) is 81.1 Å². The smallest absolute Gasteiger partial charge is 0.212 e. The highest BCUT2D eigenvalue weighted by molar-refractivity contribution is 5.84. The Balaban J connectivity index is 1.16. The van der Waals surface area contributed by atoms with Gasteiger partial charge in [-0.15, -0.1) is 0 Å². The van der Waals surface area contributed by atoms with E-state index in [1.54, 1.807) is 12.4 Å². The second-order valence-corrected chi connectivity index (χ2v) is 8.50. The van der Waals surface area contributed by atoms with Crippen LogP contribution in [0, 0.1) is 0 Å². The molecular weight excluding hydrogens is 464 g/mol. The molecule has 0 bridgehead atoms. The third-order valence-electron chi connectivity index (χ3n) is 5.71. The fourth-order valence-corrected chi connectivity index (χ4v) is 3.82. The fraction of sp³-hybridized carbons (Fsp3) is 0.222. The van der Waals surface area contributed by atoms with Crippen LogP contribution in [0.5, 0.6) is 0 Å². The molecule has 5 rings (SSSR count). The molecule has 1 aromatic carbocycles. The number of allylic oxidation sites excluding steroid dienone is 2. The van der Waals surface area contributed by atoms with E-state index in [0.29, 0.717) is 0 Å². The maximum atomic E-state index is 4.76. The molecule has 37 heavy (non-hydrogen) atoms. The van der Waals surface area contributed by atoms with Gasteiger partial charge in [-0.05, 0) is 48.3 Å². The monoisotopic (exact) mass is 494 g/mol. The normalized spacial score (nSPS) is 16.3. The van der Waals surface area contributed by atoms with Crippen LogP contribution in [-0.2, 0) is 0 Å². The summed E-state index contributed by atoms with van der Waals surface area (Å²) in [5.74, 6) is 1.44. The van der Waals surface area contributed by atoms with Crippen molar-refractivity contribution in [3.63, 3.8) is 0 Å². The van der Waals surface area contributed by atoms with E-state index >= 15 is 0 Å². The number of benzene rings is 1. The van der Waals surface area contributed by atoms with Crippen LogP contribution in [0.4, 0.5) is 0 Å². The van der Waals surface area contributed by atoms with Gasteiger partial charge < -0.3 is 15.0 Å². The van der Waals surface area contributed by atoms with E-state index in [1.807, 2.05) is 47.0 Å². The topological polar surface area (TPSA) is 115 Å². The number of hydrazone groups is 2. The molecule has 10 heteroatoms. The number of aliphatic imine (C=N–C) groups is 2. The van der Waals surface area contributed by atoms with Crippen molar-refractivity contribution in [1.29, 1.82) is 0 Å². The van der Waals surface area contributed by atoms with Crippen molar-refractivity contribution in [2.75, 3.05) is 26.2 Å². The minimum Gasteiger partial charge on any atom is -0.355 e. The molecule has 0 aliphatic carbocycles. The number of guanidine groups is 2. The minimum atomic E-state index is 0.719. The third kappa shape index (κ3) is 6.91. The van der Waals surface area contributed by atoms with E-state index in [9.17, 15) is 0 Å². The van der Waals surface area contributed by atoms with E-state index in [0.717, 1.165) is 79.0 Å². The van der Waals surface area contributed by atoms with Gasteiger partial charge in [0, 0.05) is 56.6 Å². The SMILES string of the molecule is C(=Cc1ccc(-c2cn3cc(C=CC=NNC4=NCCCN4)ccc3n2)cc1)C=NNC1=NCCCN1. The lowest BCUT2D eigenvalue weighted by Crippen LogP contribution is -2.38. The number of hydrogen-bond acceptors (Lipinski definition) is 9. The quantitative estimate of drug-likeness (QED) is 0.298. The number of imidazole rings is 1. The summed E-state index contributed by atoms with van der Waals surface area (Å²) in [6.45, 7) is 3.52. The molecule has 4 N–H and O–H groups in total. The minimum absolute atomic E-state index is 0.719. The molecule has 0 atom stereocenters. The summed E-state index contributed by atoms with van der Waals surface area (Å²) < 4.78 is 2.04. The van der Waals surface area contributed by atoms with Gasteiger partial charge >= 0.3 is 0 Å². The summed E-state index contributed by atoms with van der Waals surface area (Å²) in [6.07, 6.45) is 17.4. The average molecular weight is 495 g/mol. The first-order valence-corrected chi connectivity index (χ1v) is 12.4. The van der Waals surface area contributed by atoms with E-state index < -0.39 is 0 Å². The molecule has 4 heterocycles. The van der Waals surface area contributed by atoms with E-state index in [4.69, 9.17) is 4.98 Å². The second-order valence-electron chi connectivity index (χ2n) is 8.50. The predicted octanol–water partition coefficient (Wildman–Crippen LogP) is 2.88. The number of aromatic nitrogens is 2. The Morgan fingerprint density at radius 2 is 1.38 bits per heavy atom. The van der Waals surface area contributed by atoms with Crippen LogP contribution in [-0.4, -0.2) is 59.9 Å². The van der Waals surface area contributed by atoms with Crippen LogP contribution >= 0.6 is 0 Å². The third-order valence-corrected chi connectivity index (χ3v) is 5.71. The number of nitrogens with zero attached hydrogens (tertiary/aromatic N) is 6. The van der Waals surface area contributed by atoms with Gasteiger partial charge in [0.25, 0.3) is 0 Å². The zero-order chi connectivity index (χ0) is 25.1. The highest BCUT2D eigenvalue weighted by Gasteiger charge is 2.05. The van der Waals surface area contributed by atoms with Gasteiger partial charge in [0.05, 0.1) is 5.69 Å². The number of rotatable bonds is 7. The van der Waals surface area contributed by atoms with Crippen LogP contribution in [0.3, 0.4) is 0 Å². The summed E-state index contributed by atoms with van der Waals surface area (Å²) in [5, 5.41) is 14.7. The molecule has 2 aromatic heterocycles. The first kappa shape index (κ1) is 24.0. The lowest BCUT2D eigenvalue weighted by Gasteiger charge is -2.12. The van der Waals surface area contributed by atoms with Crippen LogP contribution < -0.4 is 21.5 Å². The lowest BCUT2D eigenvalue weighted by molar-refractivity contribution is 0.712. The summed E-state index contributed by atoms with van der Waals surface area (Å²) in [4.78, 5) is 13.4.